The number of hydrogen-bond acceptors (Lipinski definition) is 5. The zero-order valence-corrected chi connectivity index (χ0v) is 12.1. The number of sulfonamides is 1. The summed E-state index contributed by atoms with van der Waals surface area (Å²) in [5.41, 5.74) is 0. The standard InChI is InChI=1S/C10H20F3N3O3S/c1-19-6-7-20(17,18)15-8-9(10(11,12)13)16-4-2-14-3-5-16/h9,14-15H,2-8H2,1H3. The van der Waals surface area contributed by atoms with Crippen LogP contribution >= 0.6 is 0 Å². The number of methoxy groups -OCH3 is 1. The molecule has 0 spiro atoms. The van der Waals surface area contributed by atoms with Gasteiger partial charge >= 0.3 is 6.18 Å². The molecule has 1 saturated heterocycles. The van der Waals surface area contributed by atoms with Crippen molar-refractivity contribution in [3.05, 3.63) is 0 Å². The lowest BCUT2D eigenvalue weighted by molar-refractivity contribution is -0.182. The van der Waals surface area contributed by atoms with E-state index in [0.717, 1.165) is 0 Å². The predicted molar refractivity (Wildman–Crippen MR) is 68.0 cm³/mol. The fraction of sp³-hybridized carbons (Fsp3) is 1.00. The van der Waals surface area contributed by atoms with Gasteiger partial charge in [0.25, 0.3) is 0 Å². The van der Waals surface area contributed by atoms with Gasteiger partial charge in [0, 0.05) is 39.8 Å². The minimum absolute atomic E-state index is 0.0559. The Bertz CT molecular complexity index is 383. The molecule has 120 valence electrons. The molecule has 1 aliphatic rings. The van der Waals surface area contributed by atoms with E-state index < -0.39 is 28.8 Å². The Morgan fingerprint density at radius 3 is 2.45 bits per heavy atom. The van der Waals surface area contributed by atoms with Crippen LogP contribution < -0.4 is 10.0 Å². The van der Waals surface area contributed by atoms with Gasteiger partial charge in [-0.25, -0.2) is 13.1 Å². The van der Waals surface area contributed by atoms with Crippen LogP contribution in [0, 0.1) is 0 Å². The molecule has 0 aromatic carbocycles. The van der Waals surface area contributed by atoms with Crippen molar-refractivity contribution in [1.29, 1.82) is 0 Å². The average molecular weight is 319 g/mol. The molecule has 1 heterocycles. The van der Waals surface area contributed by atoms with Gasteiger partial charge in [-0.1, -0.05) is 0 Å². The van der Waals surface area contributed by atoms with Crippen molar-refractivity contribution in [2.45, 2.75) is 12.2 Å². The monoisotopic (exact) mass is 319 g/mol. The van der Waals surface area contributed by atoms with E-state index in [1.54, 1.807) is 0 Å². The first kappa shape index (κ1) is 17.6. The number of nitrogens with zero attached hydrogens (tertiary/aromatic N) is 1. The Balaban J connectivity index is 2.61. The van der Waals surface area contributed by atoms with Crippen LogP contribution in [-0.2, 0) is 14.8 Å². The summed E-state index contributed by atoms with van der Waals surface area (Å²) in [4.78, 5) is 1.25. The van der Waals surface area contributed by atoms with Crippen molar-refractivity contribution < 1.29 is 26.3 Å². The van der Waals surface area contributed by atoms with Crippen LogP contribution in [0.25, 0.3) is 0 Å². The van der Waals surface area contributed by atoms with Gasteiger partial charge in [0.2, 0.25) is 10.0 Å². The van der Waals surface area contributed by atoms with E-state index >= 15 is 0 Å². The number of piperazine rings is 1. The molecule has 0 aromatic rings. The molecule has 20 heavy (non-hydrogen) atoms. The third-order valence-corrected chi connectivity index (χ3v) is 4.33. The van der Waals surface area contributed by atoms with E-state index in [4.69, 9.17) is 0 Å². The van der Waals surface area contributed by atoms with E-state index in [0.29, 0.717) is 13.1 Å². The van der Waals surface area contributed by atoms with Gasteiger partial charge in [0.15, 0.2) is 0 Å². The van der Waals surface area contributed by atoms with Crippen LogP contribution in [0.1, 0.15) is 0 Å². The molecule has 0 bridgehead atoms. The van der Waals surface area contributed by atoms with Gasteiger partial charge in [-0.15, -0.1) is 0 Å². The lowest BCUT2D eigenvalue weighted by atomic mass is 10.2. The molecule has 1 fully saturated rings. The van der Waals surface area contributed by atoms with Crippen molar-refractivity contribution in [1.82, 2.24) is 14.9 Å². The number of ether oxygens (including phenoxy) is 1. The van der Waals surface area contributed by atoms with Crippen molar-refractivity contribution in [2.24, 2.45) is 0 Å². The van der Waals surface area contributed by atoms with E-state index in [9.17, 15) is 21.6 Å². The zero-order valence-electron chi connectivity index (χ0n) is 11.2. The molecule has 1 rings (SSSR count). The molecule has 0 radical (unpaired) electrons. The summed E-state index contributed by atoms with van der Waals surface area (Å²) in [6, 6.07) is -1.80. The van der Waals surface area contributed by atoms with Gasteiger partial charge in [0.05, 0.1) is 12.4 Å². The molecule has 0 saturated carbocycles. The first-order valence-corrected chi connectivity index (χ1v) is 7.89. The lowest BCUT2D eigenvalue weighted by Gasteiger charge is -2.35. The molecular weight excluding hydrogens is 299 g/mol. The number of hydrogen-bond donors (Lipinski definition) is 2. The Morgan fingerprint density at radius 2 is 1.95 bits per heavy atom. The number of rotatable bonds is 7. The van der Waals surface area contributed by atoms with Crippen LogP contribution in [-0.4, -0.2) is 77.7 Å². The Labute approximate surface area is 116 Å². The summed E-state index contributed by atoms with van der Waals surface area (Å²) < 4.78 is 68.7. The molecular formula is C10H20F3N3O3S. The van der Waals surface area contributed by atoms with E-state index in [1.165, 1.54) is 12.0 Å². The maximum atomic E-state index is 13.0. The third-order valence-electron chi connectivity index (χ3n) is 3.02. The molecule has 1 unspecified atom stereocenters. The quantitative estimate of drug-likeness (QED) is 0.655. The summed E-state index contributed by atoms with van der Waals surface area (Å²) in [7, 11) is -2.43. The lowest BCUT2D eigenvalue weighted by Crippen LogP contribution is -2.57. The summed E-state index contributed by atoms with van der Waals surface area (Å²) in [6.07, 6.45) is -4.47. The summed E-state index contributed by atoms with van der Waals surface area (Å²) in [5.74, 6) is -0.352. The molecule has 0 amide bonds. The number of nitrogens with one attached hydrogen (secondary N) is 2. The maximum absolute atomic E-state index is 13.0. The highest BCUT2D eigenvalue weighted by Gasteiger charge is 2.44. The predicted octanol–water partition coefficient (Wildman–Crippen LogP) is -0.612. The summed E-state index contributed by atoms with van der Waals surface area (Å²) >= 11 is 0. The van der Waals surface area contributed by atoms with Gasteiger partial charge in [0.1, 0.15) is 6.04 Å². The number of halogens is 3. The smallest absolute Gasteiger partial charge is 0.384 e. The normalized spacial score (nSPS) is 20.0. The Morgan fingerprint density at radius 1 is 1.35 bits per heavy atom. The molecule has 0 aliphatic carbocycles. The second-order valence-corrected chi connectivity index (χ2v) is 6.43. The van der Waals surface area contributed by atoms with Crippen molar-refractivity contribution in [3.8, 4) is 0 Å². The second kappa shape index (κ2) is 7.55. The summed E-state index contributed by atoms with van der Waals surface area (Å²) in [6.45, 7) is 0.676. The first-order valence-electron chi connectivity index (χ1n) is 6.24. The molecule has 0 aromatic heterocycles. The zero-order chi connectivity index (χ0) is 15.2. The summed E-state index contributed by atoms with van der Waals surface area (Å²) in [5, 5.41) is 2.96. The van der Waals surface area contributed by atoms with E-state index in [-0.39, 0.29) is 25.4 Å². The molecule has 10 heteroatoms. The molecule has 2 N–H and O–H groups in total. The van der Waals surface area contributed by atoms with Crippen LogP contribution in [0.2, 0.25) is 0 Å². The van der Waals surface area contributed by atoms with E-state index in [2.05, 4.69) is 10.1 Å². The minimum atomic E-state index is -4.47. The SMILES string of the molecule is COCCS(=O)(=O)NCC(N1CCNCC1)C(F)(F)F. The van der Waals surface area contributed by atoms with Crippen LogP contribution in [0.3, 0.4) is 0 Å². The Kier molecular flexibility index (Phi) is 6.65. The highest BCUT2D eigenvalue weighted by atomic mass is 32.2. The van der Waals surface area contributed by atoms with Gasteiger partial charge in [-0.2, -0.15) is 13.2 Å². The van der Waals surface area contributed by atoms with Crippen molar-refractivity contribution in [3.63, 3.8) is 0 Å². The fourth-order valence-corrected chi connectivity index (χ4v) is 2.86. The van der Waals surface area contributed by atoms with Crippen molar-refractivity contribution >= 4 is 10.0 Å². The number of alkyl halides is 3. The minimum Gasteiger partial charge on any atom is -0.384 e. The molecule has 6 nitrogen and oxygen atoms in total. The van der Waals surface area contributed by atoms with Gasteiger partial charge in [-0.05, 0) is 0 Å². The maximum Gasteiger partial charge on any atom is 0.405 e. The van der Waals surface area contributed by atoms with E-state index in [1.807, 2.05) is 4.72 Å². The Hall–Kier alpha value is -0.420. The fourth-order valence-electron chi connectivity index (χ4n) is 1.92. The van der Waals surface area contributed by atoms with Crippen molar-refractivity contribution in [2.75, 3.05) is 52.2 Å². The van der Waals surface area contributed by atoms with Gasteiger partial charge in [-0.3, -0.25) is 4.90 Å². The van der Waals surface area contributed by atoms with Crippen LogP contribution in [0.15, 0.2) is 0 Å². The largest absolute Gasteiger partial charge is 0.405 e. The van der Waals surface area contributed by atoms with Gasteiger partial charge < -0.3 is 10.1 Å². The topological polar surface area (TPSA) is 70.7 Å². The second-order valence-electron chi connectivity index (χ2n) is 4.50. The molecule has 1 atom stereocenters. The average Bonchev–Trinajstić information content (AvgIpc) is 2.36. The first-order chi connectivity index (χ1) is 9.26. The third kappa shape index (κ3) is 5.92. The highest BCUT2D eigenvalue weighted by Crippen LogP contribution is 2.24. The molecule has 1 aliphatic heterocycles. The highest BCUT2D eigenvalue weighted by molar-refractivity contribution is 7.89. The van der Waals surface area contributed by atoms with Crippen LogP contribution in [0.4, 0.5) is 13.2 Å². The van der Waals surface area contributed by atoms with Crippen LogP contribution in [0.5, 0.6) is 0 Å².